The molecule has 2 aromatic rings. The minimum absolute atomic E-state index is 0.0480. The maximum absolute atomic E-state index is 12.6. The van der Waals surface area contributed by atoms with Gasteiger partial charge in [0, 0.05) is 18.8 Å². The Morgan fingerprint density at radius 3 is 2.50 bits per heavy atom. The second kappa shape index (κ2) is 8.04. The molecule has 1 aliphatic rings. The van der Waals surface area contributed by atoms with Crippen LogP contribution in [0.5, 0.6) is 0 Å². The second-order valence-electron chi connectivity index (χ2n) is 6.81. The number of nitrogens with one attached hydrogen (secondary N) is 2. The third-order valence-electron chi connectivity index (χ3n) is 4.57. The van der Waals surface area contributed by atoms with Crippen molar-refractivity contribution >= 4 is 17.6 Å². The zero-order chi connectivity index (χ0) is 18.5. The molecular weight excluding hydrogens is 326 g/mol. The number of benzene rings is 2. The number of carbonyl (C=O) groups is 2. The zero-order valence-corrected chi connectivity index (χ0v) is 15.3. The number of nitrogens with zero attached hydrogens (tertiary/aromatic N) is 1. The molecule has 3 amide bonds. The summed E-state index contributed by atoms with van der Waals surface area (Å²) in [5, 5.41) is 5.63. The molecule has 0 bridgehead atoms. The van der Waals surface area contributed by atoms with Crippen LogP contribution in [0.1, 0.15) is 23.1 Å². The van der Waals surface area contributed by atoms with Crippen molar-refractivity contribution in [1.82, 2.24) is 10.6 Å². The van der Waals surface area contributed by atoms with Crippen LogP contribution in [0, 0.1) is 13.8 Å². The summed E-state index contributed by atoms with van der Waals surface area (Å²) in [7, 11) is 0. The Hall–Kier alpha value is -2.82. The maximum atomic E-state index is 12.6. The smallest absolute Gasteiger partial charge is 0.315 e. The first-order valence-electron chi connectivity index (χ1n) is 9.01. The fourth-order valence-corrected chi connectivity index (χ4v) is 3.35. The second-order valence-corrected chi connectivity index (χ2v) is 6.81. The van der Waals surface area contributed by atoms with Crippen LogP contribution in [0.3, 0.4) is 0 Å². The standard InChI is InChI=1S/C21H25N3O2/c1-15-12-16(2)14-18(13-15)24-11-9-19(20(24)25)23-21(26)22-10-8-17-6-4-3-5-7-17/h3-7,12-14,19H,8-11H2,1-2H3,(H2,22,23,26)/t19-/m1/s1. The monoisotopic (exact) mass is 351 g/mol. The molecule has 2 aromatic carbocycles. The molecular formula is C21H25N3O2. The fourth-order valence-electron chi connectivity index (χ4n) is 3.35. The Balaban J connectivity index is 1.51. The van der Waals surface area contributed by atoms with Gasteiger partial charge >= 0.3 is 6.03 Å². The minimum Gasteiger partial charge on any atom is -0.338 e. The largest absolute Gasteiger partial charge is 0.338 e. The molecule has 5 nitrogen and oxygen atoms in total. The van der Waals surface area contributed by atoms with E-state index in [0.29, 0.717) is 19.5 Å². The van der Waals surface area contributed by atoms with E-state index in [1.165, 1.54) is 5.56 Å². The van der Waals surface area contributed by atoms with E-state index in [0.717, 1.165) is 23.2 Å². The minimum atomic E-state index is -0.465. The Morgan fingerprint density at radius 2 is 1.81 bits per heavy atom. The van der Waals surface area contributed by atoms with E-state index in [1.54, 1.807) is 4.90 Å². The highest BCUT2D eigenvalue weighted by Gasteiger charge is 2.33. The van der Waals surface area contributed by atoms with Crippen LogP contribution in [-0.2, 0) is 11.2 Å². The fraction of sp³-hybridized carbons (Fsp3) is 0.333. The van der Waals surface area contributed by atoms with Gasteiger partial charge in [-0.2, -0.15) is 0 Å². The van der Waals surface area contributed by atoms with Crippen LogP contribution >= 0.6 is 0 Å². The first kappa shape index (κ1) is 18.0. The van der Waals surface area contributed by atoms with Gasteiger partial charge in [-0.3, -0.25) is 4.79 Å². The molecule has 0 unspecified atom stereocenters. The van der Waals surface area contributed by atoms with E-state index in [1.807, 2.05) is 56.3 Å². The van der Waals surface area contributed by atoms with Crippen LogP contribution < -0.4 is 15.5 Å². The van der Waals surface area contributed by atoms with Crippen molar-refractivity contribution in [2.45, 2.75) is 32.7 Å². The zero-order valence-electron chi connectivity index (χ0n) is 15.3. The van der Waals surface area contributed by atoms with E-state index < -0.39 is 6.04 Å². The lowest BCUT2D eigenvalue weighted by molar-refractivity contribution is -0.118. The number of hydrogen-bond acceptors (Lipinski definition) is 2. The Morgan fingerprint density at radius 1 is 1.12 bits per heavy atom. The molecule has 0 radical (unpaired) electrons. The summed E-state index contributed by atoms with van der Waals surface area (Å²) in [5.41, 5.74) is 4.33. The van der Waals surface area contributed by atoms with Crippen molar-refractivity contribution < 1.29 is 9.59 Å². The Bertz CT molecular complexity index is 769. The number of rotatable bonds is 5. The number of aryl methyl sites for hydroxylation is 2. The highest BCUT2D eigenvalue weighted by atomic mass is 16.2. The third-order valence-corrected chi connectivity index (χ3v) is 4.57. The van der Waals surface area contributed by atoms with Gasteiger partial charge in [-0.1, -0.05) is 36.4 Å². The molecule has 0 spiro atoms. The summed E-state index contributed by atoms with van der Waals surface area (Å²) in [5.74, 6) is -0.0480. The van der Waals surface area contributed by atoms with E-state index in [2.05, 4.69) is 16.7 Å². The maximum Gasteiger partial charge on any atom is 0.315 e. The van der Waals surface area contributed by atoms with Crippen molar-refractivity contribution in [3.05, 3.63) is 65.2 Å². The van der Waals surface area contributed by atoms with Crippen LogP contribution in [0.4, 0.5) is 10.5 Å². The van der Waals surface area contributed by atoms with Gasteiger partial charge < -0.3 is 15.5 Å². The molecule has 3 rings (SSSR count). The van der Waals surface area contributed by atoms with Crippen LogP contribution in [0.2, 0.25) is 0 Å². The van der Waals surface area contributed by atoms with Gasteiger partial charge in [0.2, 0.25) is 5.91 Å². The van der Waals surface area contributed by atoms with Gasteiger partial charge in [0.25, 0.3) is 0 Å². The van der Waals surface area contributed by atoms with Crippen molar-refractivity contribution in [1.29, 1.82) is 0 Å². The van der Waals surface area contributed by atoms with Crippen LogP contribution in [-0.4, -0.2) is 31.1 Å². The van der Waals surface area contributed by atoms with Gasteiger partial charge in [-0.25, -0.2) is 4.79 Å². The van der Waals surface area contributed by atoms with Crippen molar-refractivity contribution in [2.75, 3.05) is 18.0 Å². The van der Waals surface area contributed by atoms with Gasteiger partial charge in [-0.15, -0.1) is 0 Å². The first-order chi connectivity index (χ1) is 12.5. The summed E-state index contributed by atoms with van der Waals surface area (Å²) in [4.78, 5) is 26.5. The van der Waals surface area contributed by atoms with E-state index >= 15 is 0 Å². The summed E-state index contributed by atoms with van der Waals surface area (Å²) >= 11 is 0. The van der Waals surface area contributed by atoms with Crippen molar-refractivity contribution in [3.8, 4) is 0 Å². The Kier molecular flexibility index (Phi) is 5.56. The summed E-state index contributed by atoms with van der Waals surface area (Å²) in [6, 6.07) is 15.3. The third kappa shape index (κ3) is 4.42. The molecule has 1 fully saturated rings. The molecule has 136 valence electrons. The van der Waals surface area contributed by atoms with Crippen LogP contribution in [0.15, 0.2) is 48.5 Å². The van der Waals surface area contributed by atoms with Crippen molar-refractivity contribution in [2.24, 2.45) is 0 Å². The van der Waals surface area contributed by atoms with Gasteiger partial charge in [-0.05, 0) is 55.5 Å². The average molecular weight is 351 g/mol. The lowest BCUT2D eigenvalue weighted by Gasteiger charge is -2.18. The first-order valence-corrected chi connectivity index (χ1v) is 9.01. The highest BCUT2D eigenvalue weighted by Crippen LogP contribution is 2.24. The van der Waals surface area contributed by atoms with Crippen molar-refractivity contribution in [3.63, 3.8) is 0 Å². The molecule has 1 heterocycles. The van der Waals surface area contributed by atoms with Crippen LogP contribution in [0.25, 0.3) is 0 Å². The number of amides is 3. The number of urea groups is 1. The normalized spacial score (nSPS) is 16.6. The quantitative estimate of drug-likeness (QED) is 0.870. The predicted octanol–water partition coefficient (Wildman–Crippen LogP) is 2.95. The molecule has 1 atom stereocenters. The highest BCUT2D eigenvalue weighted by molar-refractivity contribution is 6.01. The number of hydrogen-bond donors (Lipinski definition) is 2. The summed E-state index contributed by atoms with van der Waals surface area (Å²) in [6.07, 6.45) is 1.39. The summed E-state index contributed by atoms with van der Waals surface area (Å²) in [6.45, 7) is 5.20. The van der Waals surface area contributed by atoms with E-state index in [-0.39, 0.29) is 11.9 Å². The molecule has 1 aliphatic heterocycles. The number of carbonyl (C=O) groups excluding carboxylic acids is 2. The number of anilines is 1. The van der Waals surface area contributed by atoms with Gasteiger partial charge in [0.05, 0.1) is 0 Å². The summed E-state index contributed by atoms with van der Waals surface area (Å²) < 4.78 is 0. The van der Waals surface area contributed by atoms with E-state index in [9.17, 15) is 9.59 Å². The molecule has 0 saturated carbocycles. The topological polar surface area (TPSA) is 61.4 Å². The molecule has 0 aromatic heterocycles. The predicted molar refractivity (Wildman–Crippen MR) is 103 cm³/mol. The molecule has 2 N–H and O–H groups in total. The van der Waals surface area contributed by atoms with Gasteiger partial charge in [0.1, 0.15) is 6.04 Å². The van der Waals surface area contributed by atoms with Gasteiger partial charge in [0.15, 0.2) is 0 Å². The average Bonchev–Trinajstić information content (AvgIpc) is 2.95. The SMILES string of the molecule is Cc1cc(C)cc(N2CC[C@@H](NC(=O)NCCc3ccccc3)C2=O)c1. The lowest BCUT2D eigenvalue weighted by Crippen LogP contribution is -2.46. The molecule has 0 aliphatic carbocycles. The molecule has 5 heteroatoms. The Labute approximate surface area is 154 Å². The molecule has 1 saturated heterocycles. The lowest BCUT2D eigenvalue weighted by atomic mass is 10.1. The molecule has 26 heavy (non-hydrogen) atoms. The van der Waals surface area contributed by atoms with E-state index in [4.69, 9.17) is 0 Å².